The molecule has 0 amide bonds. The molecule has 0 fully saturated rings. The lowest BCUT2D eigenvalue weighted by molar-refractivity contribution is -0.144. The summed E-state index contributed by atoms with van der Waals surface area (Å²) in [5.41, 5.74) is -4.19. The van der Waals surface area contributed by atoms with Crippen LogP contribution >= 0.6 is 0 Å². The van der Waals surface area contributed by atoms with Crippen LogP contribution in [0.5, 0.6) is 0 Å². The monoisotopic (exact) mass is 257 g/mol. The minimum Gasteiger partial charge on any atom is -0.303 e. The largest absolute Gasteiger partial charge is 0.418 e. The SMILES string of the molecule is O=CCc1c(C(F)(F)F)cncc1C(F)(F)F. The van der Waals surface area contributed by atoms with Crippen molar-refractivity contribution in [1.29, 1.82) is 0 Å². The lowest BCUT2D eigenvalue weighted by atomic mass is 10.0. The van der Waals surface area contributed by atoms with Gasteiger partial charge in [-0.05, 0) is 5.56 Å². The number of alkyl halides is 6. The van der Waals surface area contributed by atoms with Crippen LogP contribution in [0.4, 0.5) is 26.3 Å². The van der Waals surface area contributed by atoms with Crippen molar-refractivity contribution in [3.8, 4) is 0 Å². The van der Waals surface area contributed by atoms with Crippen molar-refractivity contribution in [3.05, 3.63) is 29.1 Å². The van der Waals surface area contributed by atoms with Crippen LogP contribution in [0, 0.1) is 0 Å². The van der Waals surface area contributed by atoms with Gasteiger partial charge in [-0.1, -0.05) is 0 Å². The molecule has 1 aromatic heterocycles. The first-order valence-corrected chi connectivity index (χ1v) is 4.23. The molecule has 0 spiro atoms. The second-order valence-electron chi connectivity index (χ2n) is 3.08. The number of nitrogens with zero attached hydrogens (tertiary/aromatic N) is 1. The maximum Gasteiger partial charge on any atom is 0.418 e. The highest BCUT2D eigenvalue weighted by Gasteiger charge is 2.40. The van der Waals surface area contributed by atoms with E-state index in [-0.39, 0.29) is 18.7 Å². The van der Waals surface area contributed by atoms with E-state index >= 15 is 0 Å². The van der Waals surface area contributed by atoms with E-state index in [0.29, 0.717) is 0 Å². The molecular formula is C9H5F6NO. The first-order valence-electron chi connectivity index (χ1n) is 4.23. The Hall–Kier alpha value is -1.60. The van der Waals surface area contributed by atoms with Crippen LogP contribution in [0.3, 0.4) is 0 Å². The minimum atomic E-state index is -4.98. The molecule has 0 radical (unpaired) electrons. The van der Waals surface area contributed by atoms with E-state index in [1.165, 1.54) is 0 Å². The fourth-order valence-corrected chi connectivity index (χ4v) is 1.28. The number of aldehydes is 1. The lowest BCUT2D eigenvalue weighted by Gasteiger charge is -2.16. The fraction of sp³-hybridized carbons (Fsp3) is 0.333. The standard InChI is InChI=1S/C9H5F6NO/c10-8(11,12)6-3-16-4-7(9(13,14)15)5(6)1-2-17/h2-4H,1H2. The van der Waals surface area contributed by atoms with Crippen LogP contribution in [-0.4, -0.2) is 11.3 Å². The number of pyridine rings is 1. The third kappa shape index (κ3) is 2.95. The average molecular weight is 257 g/mol. The summed E-state index contributed by atoms with van der Waals surface area (Å²) in [6.07, 6.45) is -10.4. The van der Waals surface area contributed by atoms with Crippen LogP contribution in [0.2, 0.25) is 0 Å². The first-order chi connectivity index (χ1) is 7.68. The number of hydrogen-bond donors (Lipinski definition) is 0. The van der Waals surface area contributed by atoms with Gasteiger partial charge >= 0.3 is 12.4 Å². The zero-order valence-electron chi connectivity index (χ0n) is 8.06. The van der Waals surface area contributed by atoms with Crippen molar-refractivity contribution in [3.63, 3.8) is 0 Å². The molecule has 8 heteroatoms. The summed E-state index contributed by atoms with van der Waals surface area (Å²) in [4.78, 5) is 13.1. The maximum atomic E-state index is 12.4. The van der Waals surface area contributed by atoms with Crippen LogP contribution < -0.4 is 0 Å². The molecule has 0 bridgehead atoms. The molecule has 0 aliphatic heterocycles. The molecule has 1 heterocycles. The quantitative estimate of drug-likeness (QED) is 0.602. The van der Waals surface area contributed by atoms with Gasteiger partial charge in [0.05, 0.1) is 11.1 Å². The third-order valence-corrected chi connectivity index (χ3v) is 1.96. The second-order valence-corrected chi connectivity index (χ2v) is 3.08. The summed E-state index contributed by atoms with van der Waals surface area (Å²) < 4.78 is 74.5. The highest BCUT2D eigenvalue weighted by molar-refractivity contribution is 5.58. The van der Waals surface area contributed by atoms with Crippen molar-refractivity contribution in [2.24, 2.45) is 0 Å². The fourth-order valence-electron chi connectivity index (χ4n) is 1.28. The van der Waals surface area contributed by atoms with E-state index in [1.807, 2.05) is 0 Å². The average Bonchev–Trinajstić information content (AvgIpc) is 2.15. The van der Waals surface area contributed by atoms with Crippen LogP contribution in [0.1, 0.15) is 16.7 Å². The normalized spacial score (nSPS) is 12.6. The van der Waals surface area contributed by atoms with Gasteiger partial charge in [0.1, 0.15) is 6.29 Å². The predicted octanol–water partition coefficient (Wildman–Crippen LogP) is 2.86. The van der Waals surface area contributed by atoms with Crippen LogP contribution in [0.25, 0.3) is 0 Å². The Morgan fingerprint density at radius 3 is 1.71 bits per heavy atom. The van der Waals surface area contributed by atoms with E-state index in [0.717, 1.165) is 0 Å². The Balaban J connectivity index is 3.48. The smallest absolute Gasteiger partial charge is 0.303 e. The van der Waals surface area contributed by atoms with Gasteiger partial charge in [-0.25, -0.2) is 0 Å². The Kier molecular flexibility index (Phi) is 3.44. The van der Waals surface area contributed by atoms with Crippen molar-refractivity contribution in [1.82, 2.24) is 4.98 Å². The second kappa shape index (κ2) is 4.34. The minimum absolute atomic E-state index is 0.0141. The lowest BCUT2D eigenvalue weighted by Crippen LogP contribution is -2.17. The van der Waals surface area contributed by atoms with Crippen molar-refractivity contribution in [2.75, 3.05) is 0 Å². The zero-order chi connectivity index (χ0) is 13.3. The van der Waals surface area contributed by atoms with Gasteiger partial charge in [-0.2, -0.15) is 26.3 Å². The Bertz CT molecular complexity index is 390. The Morgan fingerprint density at radius 1 is 1.00 bits per heavy atom. The van der Waals surface area contributed by atoms with Gasteiger partial charge in [-0.15, -0.1) is 0 Å². The molecule has 17 heavy (non-hydrogen) atoms. The number of carbonyl (C=O) groups is 1. The van der Waals surface area contributed by atoms with Gasteiger partial charge in [0.15, 0.2) is 0 Å². The zero-order valence-corrected chi connectivity index (χ0v) is 8.06. The van der Waals surface area contributed by atoms with Gasteiger partial charge in [-0.3, -0.25) is 4.98 Å². The number of carbonyl (C=O) groups excluding carboxylic acids is 1. The van der Waals surface area contributed by atoms with Crippen molar-refractivity contribution >= 4 is 6.29 Å². The molecule has 0 unspecified atom stereocenters. The first kappa shape index (κ1) is 13.5. The van der Waals surface area contributed by atoms with Crippen LogP contribution in [0.15, 0.2) is 12.4 Å². The molecule has 0 aromatic carbocycles. The molecular weight excluding hydrogens is 252 g/mol. The molecule has 94 valence electrons. The van der Waals surface area contributed by atoms with Crippen molar-refractivity contribution < 1.29 is 31.1 Å². The number of rotatable bonds is 2. The van der Waals surface area contributed by atoms with Gasteiger partial charge in [0, 0.05) is 18.8 Å². The van der Waals surface area contributed by atoms with Crippen molar-refractivity contribution in [2.45, 2.75) is 18.8 Å². The van der Waals surface area contributed by atoms with E-state index in [4.69, 9.17) is 0 Å². The molecule has 0 atom stereocenters. The predicted molar refractivity (Wildman–Crippen MR) is 44.0 cm³/mol. The summed E-state index contributed by atoms with van der Waals surface area (Å²) in [5.74, 6) is 0. The molecule has 1 rings (SSSR count). The molecule has 0 aliphatic carbocycles. The highest BCUT2D eigenvalue weighted by atomic mass is 19.4. The summed E-state index contributed by atoms with van der Waals surface area (Å²) in [6.45, 7) is 0. The molecule has 0 saturated heterocycles. The molecule has 0 saturated carbocycles. The van der Waals surface area contributed by atoms with Gasteiger partial charge < -0.3 is 4.79 Å². The van der Waals surface area contributed by atoms with Gasteiger partial charge in [0.2, 0.25) is 0 Å². The summed E-state index contributed by atoms with van der Waals surface area (Å²) in [7, 11) is 0. The molecule has 0 aliphatic rings. The highest BCUT2D eigenvalue weighted by Crippen LogP contribution is 2.38. The Labute approximate surface area is 91.3 Å². The third-order valence-electron chi connectivity index (χ3n) is 1.96. The molecule has 1 aromatic rings. The van der Waals surface area contributed by atoms with E-state index in [1.54, 1.807) is 0 Å². The summed E-state index contributed by atoms with van der Waals surface area (Å²) in [5, 5.41) is 0. The molecule has 2 nitrogen and oxygen atoms in total. The van der Waals surface area contributed by atoms with Gasteiger partial charge in [0.25, 0.3) is 0 Å². The number of aromatic nitrogens is 1. The number of hydrogen-bond acceptors (Lipinski definition) is 2. The van der Waals surface area contributed by atoms with Crippen LogP contribution in [-0.2, 0) is 23.6 Å². The van der Waals surface area contributed by atoms with E-state index in [9.17, 15) is 31.1 Å². The van der Waals surface area contributed by atoms with E-state index in [2.05, 4.69) is 4.98 Å². The summed E-state index contributed by atoms with van der Waals surface area (Å²) >= 11 is 0. The maximum absolute atomic E-state index is 12.4. The molecule has 0 N–H and O–H groups in total. The Morgan fingerprint density at radius 2 is 1.41 bits per heavy atom. The number of halogens is 6. The van der Waals surface area contributed by atoms with E-state index < -0.39 is 35.5 Å². The topological polar surface area (TPSA) is 30.0 Å². The summed E-state index contributed by atoms with van der Waals surface area (Å²) in [6, 6.07) is 0.